The van der Waals surface area contributed by atoms with E-state index in [0.717, 1.165) is 12.0 Å². The van der Waals surface area contributed by atoms with E-state index in [4.69, 9.17) is 4.74 Å². The van der Waals surface area contributed by atoms with E-state index >= 15 is 0 Å². The molecule has 5 nitrogen and oxygen atoms in total. The third kappa shape index (κ3) is 5.56. The number of carbonyl (C=O) groups excluding carboxylic acids is 2. The van der Waals surface area contributed by atoms with Gasteiger partial charge in [-0.1, -0.05) is 51.1 Å². The molecule has 0 saturated carbocycles. The highest BCUT2D eigenvalue weighted by Crippen LogP contribution is 2.23. The molecular weight excluding hydrogens is 316 g/mol. The van der Waals surface area contributed by atoms with Gasteiger partial charge in [-0.3, -0.25) is 9.59 Å². The summed E-state index contributed by atoms with van der Waals surface area (Å²) in [5.41, 5.74) is 1.19. The van der Waals surface area contributed by atoms with E-state index in [0.29, 0.717) is 26.1 Å². The van der Waals surface area contributed by atoms with Crippen LogP contribution >= 0.6 is 0 Å². The molecule has 5 heteroatoms. The monoisotopic (exact) mass is 346 g/mol. The van der Waals surface area contributed by atoms with Crippen LogP contribution in [0.4, 0.5) is 0 Å². The number of ether oxygens (including phenoxy) is 1. The zero-order valence-electron chi connectivity index (χ0n) is 15.8. The molecule has 0 radical (unpaired) electrons. The first-order valence-electron chi connectivity index (χ1n) is 8.93. The molecule has 1 aromatic rings. The number of rotatable bonds is 7. The van der Waals surface area contributed by atoms with Crippen molar-refractivity contribution in [3.63, 3.8) is 0 Å². The Morgan fingerprint density at radius 1 is 1.12 bits per heavy atom. The molecule has 0 aliphatic carbocycles. The zero-order chi connectivity index (χ0) is 18.4. The maximum absolute atomic E-state index is 13.0. The van der Waals surface area contributed by atoms with E-state index in [9.17, 15) is 9.59 Å². The number of nitrogens with zero attached hydrogens (tertiary/aromatic N) is 2. The molecule has 1 fully saturated rings. The Hall–Kier alpha value is -1.88. The number of hydrogen-bond acceptors (Lipinski definition) is 3. The van der Waals surface area contributed by atoms with Crippen LogP contribution in [0.25, 0.3) is 0 Å². The van der Waals surface area contributed by atoms with Crippen LogP contribution in [0.15, 0.2) is 30.3 Å². The molecule has 0 spiro atoms. The van der Waals surface area contributed by atoms with Crippen molar-refractivity contribution in [3.8, 4) is 0 Å². The number of hydrogen-bond donors (Lipinski definition) is 0. The Morgan fingerprint density at radius 3 is 2.40 bits per heavy atom. The van der Waals surface area contributed by atoms with E-state index in [2.05, 4.69) is 20.8 Å². The van der Waals surface area contributed by atoms with E-state index in [1.807, 2.05) is 30.3 Å². The van der Waals surface area contributed by atoms with E-state index in [1.54, 1.807) is 16.9 Å². The Kier molecular flexibility index (Phi) is 6.59. The van der Waals surface area contributed by atoms with Crippen LogP contribution in [-0.4, -0.2) is 61.0 Å². The van der Waals surface area contributed by atoms with Crippen molar-refractivity contribution < 1.29 is 14.3 Å². The lowest BCUT2D eigenvalue weighted by atomic mass is 9.91. The Bertz CT molecular complexity index is 580. The van der Waals surface area contributed by atoms with Crippen molar-refractivity contribution in [2.75, 3.05) is 33.4 Å². The van der Waals surface area contributed by atoms with Crippen molar-refractivity contribution >= 4 is 11.8 Å². The third-order valence-electron chi connectivity index (χ3n) is 4.56. The molecule has 1 aliphatic rings. The van der Waals surface area contributed by atoms with Gasteiger partial charge in [0.1, 0.15) is 6.04 Å². The molecule has 25 heavy (non-hydrogen) atoms. The molecule has 2 amide bonds. The fourth-order valence-electron chi connectivity index (χ4n) is 3.01. The SMILES string of the molecule is COCCN1CC(=O)N(CCC(C)(C)C)[C@H](Cc2ccccc2)C1=O. The van der Waals surface area contributed by atoms with Crippen LogP contribution in [0.5, 0.6) is 0 Å². The van der Waals surface area contributed by atoms with Crippen LogP contribution in [0.1, 0.15) is 32.8 Å². The average Bonchev–Trinajstić information content (AvgIpc) is 2.56. The number of carbonyl (C=O) groups is 2. The molecule has 1 aromatic carbocycles. The zero-order valence-corrected chi connectivity index (χ0v) is 15.8. The predicted octanol–water partition coefficient (Wildman–Crippen LogP) is 2.35. The summed E-state index contributed by atoms with van der Waals surface area (Å²) >= 11 is 0. The number of benzene rings is 1. The normalized spacial score (nSPS) is 18.8. The highest BCUT2D eigenvalue weighted by molar-refractivity contribution is 5.95. The van der Waals surface area contributed by atoms with Gasteiger partial charge in [0.05, 0.1) is 13.2 Å². The van der Waals surface area contributed by atoms with Crippen molar-refractivity contribution in [2.24, 2.45) is 5.41 Å². The van der Waals surface area contributed by atoms with Gasteiger partial charge in [-0.2, -0.15) is 0 Å². The fraction of sp³-hybridized carbons (Fsp3) is 0.600. The van der Waals surface area contributed by atoms with Gasteiger partial charge < -0.3 is 14.5 Å². The lowest BCUT2D eigenvalue weighted by Crippen LogP contribution is -2.61. The van der Waals surface area contributed by atoms with Gasteiger partial charge >= 0.3 is 0 Å². The summed E-state index contributed by atoms with van der Waals surface area (Å²) in [5, 5.41) is 0. The molecule has 1 atom stereocenters. The largest absolute Gasteiger partial charge is 0.383 e. The van der Waals surface area contributed by atoms with Crippen molar-refractivity contribution in [1.82, 2.24) is 9.80 Å². The molecule has 2 rings (SSSR count). The van der Waals surface area contributed by atoms with Crippen LogP contribution in [0.3, 0.4) is 0 Å². The summed E-state index contributed by atoms with van der Waals surface area (Å²) in [7, 11) is 1.60. The first kappa shape index (κ1) is 19.4. The van der Waals surface area contributed by atoms with Gasteiger partial charge in [0.25, 0.3) is 0 Å². The highest BCUT2D eigenvalue weighted by Gasteiger charge is 2.39. The molecule has 138 valence electrons. The molecular formula is C20H30N2O3. The van der Waals surface area contributed by atoms with Crippen LogP contribution in [0, 0.1) is 5.41 Å². The van der Waals surface area contributed by atoms with Crippen molar-refractivity contribution in [3.05, 3.63) is 35.9 Å². The first-order chi connectivity index (χ1) is 11.8. The molecule has 0 N–H and O–H groups in total. The van der Waals surface area contributed by atoms with Crippen LogP contribution in [-0.2, 0) is 20.7 Å². The number of piperazine rings is 1. The fourth-order valence-corrected chi connectivity index (χ4v) is 3.01. The number of methoxy groups -OCH3 is 1. The predicted molar refractivity (Wildman–Crippen MR) is 98.2 cm³/mol. The smallest absolute Gasteiger partial charge is 0.246 e. The van der Waals surface area contributed by atoms with Crippen LogP contribution < -0.4 is 0 Å². The Labute approximate surface area is 150 Å². The summed E-state index contributed by atoms with van der Waals surface area (Å²) in [6.07, 6.45) is 1.43. The number of amides is 2. The van der Waals surface area contributed by atoms with Gasteiger partial charge in [-0.25, -0.2) is 0 Å². The second-order valence-electron chi connectivity index (χ2n) is 7.86. The highest BCUT2D eigenvalue weighted by atomic mass is 16.5. The summed E-state index contributed by atoms with van der Waals surface area (Å²) in [6, 6.07) is 9.48. The lowest BCUT2D eigenvalue weighted by Gasteiger charge is -2.41. The molecule has 0 unspecified atom stereocenters. The standard InChI is InChI=1S/C20H30N2O3/c1-20(2,3)10-11-22-17(14-16-8-6-5-7-9-16)19(24)21(12-13-25-4)15-18(22)23/h5-9,17H,10-15H2,1-4H3/t17-/m1/s1. The quantitative estimate of drug-likeness (QED) is 0.761. The summed E-state index contributed by atoms with van der Waals surface area (Å²) in [6.45, 7) is 8.13. The summed E-state index contributed by atoms with van der Waals surface area (Å²) in [5.74, 6) is 0.0512. The maximum atomic E-state index is 13.0. The average molecular weight is 346 g/mol. The minimum atomic E-state index is -0.428. The van der Waals surface area contributed by atoms with Gasteiger partial charge in [0, 0.05) is 26.6 Å². The summed E-state index contributed by atoms with van der Waals surface area (Å²) < 4.78 is 5.08. The van der Waals surface area contributed by atoms with E-state index in [-0.39, 0.29) is 23.8 Å². The molecule has 0 aromatic heterocycles. The molecule has 1 heterocycles. The van der Waals surface area contributed by atoms with Crippen LogP contribution in [0.2, 0.25) is 0 Å². The van der Waals surface area contributed by atoms with Gasteiger partial charge in [-0.15, -0.1) is 0 Å². The first-order valence-corrected chi connectivity index (χ1v) is 8.93. The molecule has 1 saturated heterocycles. The lowest BCUT2D eigenvalue weighted by molar-refractivity contribution is -0.156. The molecule has 0 bridgehead atoms. The third-order valence-corrected chi connectivity index (χ3v) is 4.56. The van der Waals surface area contributed by atoms with E-state index < -0.39 is 6.04 Å². The Morgan fingerprint density at radius 2 is 1.80 bits per heavy atom. The Balaban J connectivity index is 2.19. The van der Waals surface area contributed by atoms with Gasteiger partial charge in [0.15, 0.2) is 0 Å². The maximum Gasteiger partial charge on any atom is 0.246 e. The second-order valence-corrected chi connectivity index (χ2v) is 7.86. The minimum absolute atomic E-state index is 0.0226. The summed E-state index contributed by atoms with van der Waals surface area (Å²) in [4.78, 5) is 29.1. The van der Waals surface area contributed by atoms with Gasteiger partial charge in [-0.05, 0) is 17.4 Å². The minimum Gasteiger partial charge on any atom is -0.383 e. The van der Waals surface area contributed by atoms with Crippen molar-refractivity contribution in [1.29, 1.82) is 0 Å². The van der Waals surface area contributed by atoms with Crippen molar-refractivity contribution in [2.45, 2.75) is 39.7 Å². The van der Waals surface area contributed by atoms with E-state index in [1.165, 1.54) is 0 Å². The molecule has 1 aliphatic heterocycles. The van der Waals surface area contributed by atoms with Gasteiger partial charge in [0.2, 0.25) is 11.8 Å². The topological polar surface area (TPSA) is 49.9 Å². The second kappa shape index (κ2) is 8.48.